The summed E-state index contributed by atoms with van der Waals surface area (Å²) in [5.41, 5.74) is 1.75. The molecule has 30 heavy (non-hydrogen) atoms. The molecule has 156 valence electrons. The fraction of sp³-hybridized carbons (Fsp3) is 0.143. The van der Waals surface area contributed by atoms with Crippen molar-refractivity contribution in [3.63, 3.8) is 0 Å². The lowest BCUT2D eigenvalue weighted by Gasteiger charge is -2.10. The Bertz CT molecular complexity index is 1000. The van der Waals surface area contributed by atoms with Crippen LogP contribution in [-0.2, 0) is 11.3 Å². The summed E-state index contributed by atoms with van der Waals surface area (Å²) in [7, 11) is 0. The lowest BCUT2D eigenvalue weighted by molar-refractivity contribution is -0.176. The van der Waals surface area contributed by atoms with Gasteiger partial charge in [0.2, 0.25) is 0 Å². The average molecular weight is 418 g/mol. The minimum Gasteiger partial charge on any atom is -0.459 e. The molecule has 0 saturated heterocycles. The van der Waals surface area contributed by atoms with Crippen molar-refractivity contribution < 1.29 is 31.9 Å². The van der Waals surface area contributed by atoms with Crippen LogP contribution in [-0.4, -0.2) is 24.6 Å². The van der Waals surface area contributed by atoms with Crippen LogP contribution in [0.15, 0.2) is 71.3 Å². The van der Waals surface area contributed by atoms with Crippen molar-refractivity contribution in [3.05, 3.63) is 83.8 Å². The summed E-state index contributed by atoms with van der Waals surface area (Å²) < 4.78 is 45.9. The van der Waals surface area contributed by atoms with Gasteiger partial charge in [0.05, 0.1) is 12.9 Å². The molecule has 0 bridgehead atoms. The number of ether oxygens (including phenoxy) is 1. The zero-order chi connectivity index (χ0) is 21.6. The molecular weight excluding hydrogens is 401 g/mol. The van der Waals surface area contributed by atoms with E-state index in [1.165, 1.54) is 36.6 Å². The molecule has 6 nitrogen and oxygen atoms in total. The van der Waals surface area contributed by atoms with Crippen molar-refractivity contribution in [1.82, 2.24) is 0 Å². The zero-order valence-corrected chi connectivity index (χ0v) is 15.5. The number of hydrogen-bond acceptors (Lipinski definition) is 4. The molecule has 0 aliphatic heterocycles. The molecule has 0 fully saturated rings. The number of carbonyl (C=O) groups excluding carboxylic acids is 2. The van der Waals surface area contributed by atoms with E-state index in [4.69, 9.17) is 4.42 Å². The monoisotopic (exact) mass is 418 g/mol. The fourth-order valence-electron chi connectivity index (χ4n) is 2.52. The van der Waals surface area contributed by atoms with Gasteiger partial charge in [0.15, 0.2) is 5.76 Å². The number of amides is 2. The van der Waals surface area contributed by atoms with Crippen LogP contribution >= 0.6 is 0 Å². The highest BCUT2D eigenvalue weighted by Gasteiger charge is 2.27. The van der Waals surface area contributed by atoms with Crippen LogP contribution in [0.1, 0.15) is 26.5 Å². The summed E-state index contributed by atoms with van der Waals surface area (Å²) in [6, 6.07) is 15.7. The Balaban J connectivity index is 1.57. The predicted molar refractivity (Wildman–Crippen MR) is 103 cm³/mol. The summed E-state index contributed by atoms with van der Waals surface area (Å²) >= 11 is 0. The second-order valence-corrected chi connectivity index (χ2v) is 6.27. The van der Waals surface area contributed by atoms with Crippen molar-refractivity contribution in [3.8, 4) is 0 Å². The maximum atomic E-state index is 12.4. The largest absolute Gasteiger partial charge is 0.459 e. The Morgan fingerprint density at radius 3 is 2.17 bits per heavy atom. The van der Waals surface area contributed by atoms with Crippen LogP contribution in [0.4, 0.5) is 24.5 Å². The van der Waals surface area contributed by atoms with Crippen LogP contribution in [0, 0.1) is 0 Å². The summed E-state index contributed by atoms with van der Waals surface area (Å²) in [5, 5.41) is 5.35. The third-order valence-electron chi connectivity index (χ3n) is 3.87. The molecule has 9 heteroatoms. The van der Waals surface area contributed by atoms with Crippen molar-refractivity contribution in [2.45, 2.75) is 12.8 Å². The van der Waals surface area contributed by atoms with E-state index in [-0.39, 0.29) is 12.4 Å². The Labute approximate surface area is 169 Å². The first-order valence-corrected chi connectivity index (χ1v) is 8.80. The summed E-state index contributed by atoms with van der Waals surface area (Å²) in [6.07, 6.45) is -2.99. The SMILES string of the molecule is O=C(Nc1cccc(NC(=O)c2ccco2)c1)c1ccc(COCC(F)(F)F)cc1. The topological polar surface area (TPSA) is 80.6 Å². The van der Waals surface area contributed by atoms with Gasteiger partial charge < -0.3 is 19.8 Å². The Kier molecular flexibility index (Phi) is 6.53. The van der Waals surface area contributed by atoms with E-state index in [1.54, 1.807) is 30.3 Å². The van der Waals surface area contributed by atoms with E-state index in [0.717, 1.165) is 0 Å². The van der Waals surface area contributed by atoms with Gasteiger partial charge in [0.1, 0.15) is 6.61 Å². The molecule has 0 saturated carbocycles. The van der Waals surface area contributed by atoms with Gasteiger partial charge >= 0.3 is 6.18 Å². The molecule has 2 N–H and O–H groups in total. The van der Waals surface area contributed by atoms with Gasteiger partial charge in [-0.1, -0.05) is 18.2 Å². The Morgan fingerprint density at radius 1 is 0.900 bits per heavy atom. The van der Waals surface area contributed by atoms with E-state index < -0.39 is 24.6 Å². The highest BCUT2D eigenvalue weighted by atomic mass is 19.4. The third-order valence-corrected chi connectivity index (χ3v) is 3.87. The Hall–Kier alpha value is -3.59. The first-order chi connectivity index (χ1) is 14.3. The van der Waals surface area contributed by atoms with E-state index in [9.17, 15) is 22.8 Å². The van der Waals surface area contributed by atoms with Gasteiger partial charge in [-0.3, -0.25) is 9.59 Å². The predicted octanol–water partition coefficient (Wildman–Crippen LogP) is 4.86. The number of furan rings is 1. The van der Waals surface area contributed by atoms with E-state index in [1.807, 2.05) is 0 Å². The van der Waals surface area contributed by atoms with Crippen molar-refractivity contribution in [2.24, 2.45) is 0 Å². The molecule has 0 spiro atoms. The highest BCUT2D eigenvalue weighted by molar-refractivity contribution is 6.05. The maximum Gasteiger partial charge on any atom is 0.411 e. The molecular formula is C21H17F3N2O4. The molecule has 3 aromatic rings. The summed E-state index contributed by atoms with van der Waals surface area (Å²) in [5.74, 6) is -0.678. The second-order valence-electron chi connectivity index (χ2n) is 6.27. The van der Waals surface area contributed by atoms with Gasteiger partial charge in [-0.2, -0.15) is 13.2 Å². The number of hydrogen-bond donors (Lipinski definition) is 2. The molecule has 0 aliphatic carbocycles. The van der Waals surface area contributed by atoms with Crippen molar-refractivity contribution >= 4 is 23.2 Å². The highest BCUT2D eigenvalue weighted by Crippen LogP contribution is 2.18. The van der Waals surface area contributed by atoms with Crippen LogP contribution in [0.25, 0.3) is 0 Å². The van der Waals surface area contributed by atoms with Crippen LogP contribution in [0.5, 0.6) is 0 Å². The van der Waals surface area contributed by atoms with Gasteiger partial charge in [-0.05, 0) is 48.0 Å². The molecule has 0 unspecified atom stereocenters. The van der Waals surface area contributed by atoms with Crippen LogP contribution < -0.4 is 10.6 Å². The average Bonchev–Trinajstić information content (AvgIpc) is 3.23. The van der Waals surface area contributed by atoms with Crippen molar-refractivity contribution in [1.29, 1.82) is 0 Å². The van der Waals surface area contributed by atoms with E-state index in [2.05, 4.69) is 15.4 Å². The fourth-order valence-corrected chi connectivity index (χ4v) is 2.52. The first-order valence-electron chi connectivity index (χ1n) is 8.80. The van der Waals surface area contributed by atoms with E-state index >= 15 is 0 Å². The molecule has 0 radical (unpaired) electrons. The summed E-state index contributed by atoms with van der Waals surface area (Å²) in [6.45, 7) is -1.54. The molecule has 2 aromatic carbocycles. The second kappa shape index (κ2) is 9.27. The number of benzene rings is 2. The van der Waals surface area contributed by atoms with Gasteiger partial charge in [0, 0.05) is 16.9 Å². The smallest absolute Gasteiger partial charge is 0.411 e. The molecule has 3 rings (SSSR count). The number of anilines is 2. The number of nitrogens with one attached hydrogen (secondary N) is 2. The number of halogens is 3. The van der Waals surface area contributed by atoms with Gasteiger partial charge in [-0.15, -0.1) is 0 Å². The lowest BCUT2D eigenvalue weighted by atomic mass is 10.1. The molecule has 0 aliphatic rings. The third kappa shape index (κ3) is 6.21. The molecule has 1 aromatic heterocycles. The lowest BCUT2D eigenvalue weighted by Crippen LogP contribution is -2.16. The van der Waals surface area contributed by atoms with Crippen LogP contribution in [0.2, 0.25) is 0 Å². The minimum absolute atomic E-state index is 0.156. The molecule has 0 atom stereocenters. The number of rotatable bonds is 7. The van der Waals surface area contributed by atoms with Crippen molar-refractivity contribution in [2.75, 3.05) is 17.2 Å². The number of alkyl halides is 3. The van der Waals surface area contributed by atoms with Crippen LogP contribution in [0.3, 0.4) is 0 Å². The van der Waals surface area contributed by atoms with E-state index in [0.29, 0.717) is 22.5 Å². The minimum atomic E-state index is -4.38. The standard InChI is InChI=1S/C21H17F3N2O4/c22-21(23,24)13-29-12-14-6-8-15(9-7-14)19(27)25-16-3-1-4-17(11-16)26-20(28)18-5-2-10-30-18/h1-11H,12-13H2,(H,25,27)(H,26,28). The maximum absolute atomic E-state index is 12.4. The quantitative estimate of drug-likeness (QED) is 0.574. The number of carbonyl (C=O) groups is 2. The molecule has 1 heterocycles. The summed E-state index contributed by atoms with van der Waals surface area (Å²) in [4.78, 5) is 24.4. The van der Waals surface area contributed by atoms with Gasteiger partial charge in [0.25, 0.3) is 11.8 Å². The Morgan fingerprint density at radius 2 is 1.57 bits per heavy atom. The normalized spacial score (nSPS) is 11.2. The zero-order valence-electron chi connectivity index (χ0n) is 15.5. The first kappa shape index (κ1) is 21.1. The van der Waals surface area contributed by atoms with Gasteiger partial charge in [-0.25, -0.2) is 0 Å². The molecule has 2 amide bonds.